The molecule has 6 heteroatoms. The summed E-state index contributed by atoms with van der Waals surface area (Å²) in [5.74, 6) is -0.0146. The van der Waals surface area contributed by atoms with Crippen molar-refractivity contribution in [2.45, 2.75) is 26.2 Å². The molecule has 0 saturated carbocycles. The van der Waals surface area contributed by atoms with Crippen molar-refractivity contribution in [1.29, 1.82) is 0 Å². The van der Waals surface area contributed by atoms with E-state index in [1.54, 1.807) is 37.1 Å². The Hall–Kier alpha value is -2.50. The summed E-state index contributed by atoms with van der Waals surface area (Å²) in [5, 5.41) is 9.45. The molecular weight excluding hydrogens is 322 g/mol. The van der Waals surface area contributed by atoms with Crippen molar-refractivity contribution in [2.75, 3.05) is 27.3 Å². The number of carbonyl (C=O) groups is 2. The van der Waals surface area contributed by atoms with Crippen LogP contribution in [0.25, 0.3) is 0 Å². The maximum absolute atomic E-state index is 12.9. The second-order valence-electron chi connectivity index (χ2n) is 6.56. The predicted molar refractivity (Wildman–Crippen MR) is 94.3 cm³/mol. The first kappa shape index (κ1) is 18.8. The summed E-state index contributed by atoms with van der Waals surface area (Å²) in [6, 6.07) is 3.40. The standard InChI is InChI=1S/C19H25NO5/c1-5-7-13-10-14(11-15(24-3)16(13)25-4)17(21)20-9-6-8-19(2,12-20)18(22)23/h5,10-11H,1,6-9,12H2,2-4H3,(H,22,23). The van der Waals surface area contributed by atoms with Crippen molar-refractivity contribution in [2.24, 2.45) is 5.41 Å². The molecule has 2 rings (SSSR count). The summed E-state index contributed by atoms with van der Waals surface area (Å²) in [4.78, 5) is 26.1. The van der Waals surface area contributed by atoms with E-state index in [-0.39, 0.29) is 12.5 Å². The molecule has 1 saturated heterocycles. The second-order valence-corrected chi connectivity index (χ2v) is 6.56. The number of amides is 1. The van der Waals surface area contributed by atoms with Gasteiger partial charge in [0.15, 0.2) is 11.5 Å². The lowest BCUT2D eigenvalue weighted by molar-refractivity contribution is -0.150. The molecule has 1 heterocycles. The SMILES string of the molecule is C=CCc1cc(C(=O)N2CCCC(C)(C(=O)O)C2)cc(OC)c1OC. The van der Waals surface area contributed by atoms with Crippen LogP contribution in [0.1, 0.15) is 35.7 Å². The summed E-state index contributed by atoms with van der Waals surface area (Å²) >= 11 is 0. The van der Waals surface area contributed by atoms with Crippen LogP contribution >= 0.6 is 0 Å². The number of carboxylic acids is 1. The lowest BCUT2D eigenvalue weighted by Crippen LogP contribution is -2.48. The van der Waals surface area contributed by atoms with Crippen molar-refractivity contribution < 1.29 is 24.2 Å². The molecule has 0 aromatic heterocycles. The van der Waals surface area contributed by atoms with Gasteiger partial charge >= 0.3 is 5.97 Å². The third kappa shape index (κ3) is 3.78. The number of rotatable bonds is 6. The Bertz CT molecular complexity index is 685. The Morgan fingerprint density at radius 3 is 2.64 bits per heavy atom. The quantitative estimate of drug-likeness (QED) is 0.801. The molecule has 1 unspecified atom stereocenters. The lowest BCUT2D eigenvalue weighted by atomic mass is 9.82. The Morgan fingerprint density at radius 2 is 2.08 bits per heavy atom. The number of likely N-dealkylation sites (tertiary alicyclic amines) is 1. The second kappa shape index (κ2) is 7.59. The average molecular weight is 347 g/mol. The number of piperidine rings is 1. The van der Waals surface area contributed by atoms with Gasteiger partial charge in [-0.1, -0.05) is 6.08 Å². The number of carbonyl (C=O) groups excluding carboxylic acids is 1. The van der Waals surface area contributed by atoms with Gasteiger partial charge in [0, 0.05) is 24.2 Å². The monoisotopic (exact) mass is 347 g/mol. The fourth-order valence-corrected chi connectivity index (χ4v) is 3.24. The fraction of sp³-hybridized carbons (Fsp3) is 0.474. The number of ether oxygens (including phenoxy) is 2. The molecule has 1 atom stereocenters. The number of allylic oxidation sites excluding steroid dienone is 1. The van der Waals surface area contributed by atoms with Crippen molar-refractivity contribution in [1.82, 2.24) is 4.90 Å². The van der Waals surface area contributed by atoms with Crippen LogP contribution in [0, 0.1) is 5.41 Å². The molecule has 6 nitrogen and oxygen atoms in total. The zero-order valence-corrected chi connectivity index (χ0v) is 15.0. The normalized spacial score (nSPS) is 20.0. The van der Waals surface area contributed by atoms with E-state index in [9.17, 15) is 14.7 Å². The highest BCUT2D eigenvalue weighted by atomic mass is 16.5. The first-order valence-corrected chi connectivity index (χ1v) is 8.24. The van der Waals surface area contributed by atoms with Gasteiger partial charge in [0.2, 0.25) is 0 Å². The van der Waals surface area contributed by atoms with Crippen LogP contribution in [0.15, 0.2) is 24.8 Å². The molecule has 1 amide bonds. The average Bonchev–Trinajstić information content (AvgIpc) is 2.60. The number of hydrogen-bond acceptors (Lipinski definition) is 4. The van der Waals surface area contributed by atoms with Gasteiger partial charge in [-0.25, -0.2) is 0 Å². The lowest BCUT2D eigenvalue weighted by Gasteiger charge is -2.37. The zero-order valence-electron chi connectivity index (χ0n) is 15.0. The minimum absolute atomic E-state index is 0.196. The molecule has 0 radical (unpaired) electrons. The largest absolute Gasteiger partial charge is 0.493 e. The van der Waals surface area contributed by atoms with Crippen molar-refractivity contribution in [3.8, 4) is 11.5 Å². The van der Waals surface area contributed by atoms with Gasteiger partial charge in [0.05, 0.1) is 19.6 Å². The molecule has 136 valence electrons. The maximum Gasteiger partial charge on any atom is 0.311 e. The third-order valence-corrected chi connectivity index (χ3v) is 4.67. The first-order chi connectivity index (χ1) is 11.9. The smallest absolute Gasteiger partial charge is 0.311 e. The van der Waals surface area contributed by atoms with Gasteiger partial charge in [0.25, 0.3) is 5.91 Å². The topological polar surface area (TPSA) is 76.1 Å². The minimum Gasteiger partial charge on any atom is -0.493 e. The number of aliphatic carboxylic acids is 1. The van der Waals surface area contributed by atoms with Crippen LogP contribution in [0.4, 0.5) is 0 Å². The van der Waals surface area contributed by atoms with E-state index in [4.69, 9.17) is 9.47 Å². The Balaban J connectivity index is 2.37. The Labute approximate surface area is 148 Å². The van der Waals surface area contributed by atoms with Crippen molar-refractivity contribution in [3.63, 3.8) is 0 Å². The molecular formula is C19H25NO5. The summed E-state index contributed by atoms with van der Waals surface area (Å²) in [7, 11) is 3.07. The van der Waals surface area contributed by atoms with Gasteiger partial charge in [-0.2, -0.15) is 0 Å². The number of nitrogens with zero attached hydrogens (tertiary/aromatic N) is 1. The van der Waals surface area contributed by atoms with E-state index in [0.29, 0.717) is 42.9 Å². The van der Waals surface area contributed by atoms with Gasteiger partial charge < -0.3 is 19.5 Å². The molecule has 1 fully saturated rings. The highest BCUT2D eigenvalue weighted by molar-refractivity contribution is 5.96. The van der Waals surface area contributed by atoms with Crippen LogP contribution < -0.4 is 9.47 Å². The molecule has 1 aliphatic rings. The van der Waals surface area contributed by atoms with E-state index < -0.39 is 11.4 Å². The summed E-state index contributed by atoms with van der Waals surface area (Å²) in [5.41, 5.74) is 0.358. The van der Waals surface area contributed by atoms with Gasteiger partial charge in [0.1, 0.15) is 0 Å². The maximum atomic E-state index is 12.9. The van der Waals surface area contributed by atoms with Crippen LogP contribution in [0.3, 0.4) is 0 Å². The third-order valence-electron chi connectivity index (χ3n) is 4.67. The van der Waals surface area contributed by atoms with E-state index in [1.807, 2.05) is 0 Å². The Kier molecular flexibility index (Phi) is 5.72. The predicted octanol–water partition coefficient (Wildman–Crippen LogP) is 2.76. The zero-order chi connectivity index (χ0) is 18.6. The number of hydrogen-bond donors (Lipinski definition) is 1. The molecule has 1 aromatic rings. The minimum atomic E-state index is -0.908. The molecule has 1 aliphatic heterocycles. The van der Waals surface area contributed by atoms with E-state index in [0.717, 1.165) is 5.56 Å². The number of methoxy groups -OCH3 is 2. The summed E-state index contributed by atoms with van der Waals surface area (Å²) in [6.07, 6.45) is 3.50. The number of carboxylic acid groups (broad SMARTS) is 1. The summed E-state index contributed by atoms with van der Waals surface area (Å²) in [6.45, 7) is 6.17. The molecule has 25 heavy (non-hydrogen) atoms. The molecule has 0 aliphatic carbocycles. The van der Waals surface area contributed by atoms with E-state index >= 15 is 0 Å². The molecule has 1 aromatic carbocycles. The van der Waals surface area contributed by atoms with Gasteiger partial charge in [-0.3, -0.25) is 9.59 Å². The fourth-order valence-electron chi connectivity index (χ4n) is 3.24. The van der Waals surface area contributed by atoms with Crippen LogP contribution in [-0.4, -0.2) is 49.2 Å². The van der Waals surface area contributed by atoms with E-state index in [2.05, 4.69) is 6.58 Å². The van der Waals surface area contributed by atoms with Gasteiger partial charge in [-0.15, -0.1) is 6.58 Å². The first-order valence-electron chi connectivity index (χ1n) is 8.24. The summed E-state index contributed by atoms with van der Waals surface area (Å²) < 4.78 is 10.7. The van der Waals surface area contributed by atoms with E-state index in [1.165, 1.54) is 7.11 Å². The number of benzene rings is 1. The molecule has 0 bridgehead atoms. The van der Waals surface area contributed by atoms with Crippen LogP contribution in [0.2, 0.25) is 0 Å². The molecule has 0 spiro atoms. The highest BCUT2D eigenvalue weighted by Gasteiger charge is 2.39. The Morgan fingerprint density at radius 1 is 1.36 bits per heavy atom. The van der Waals surface area contributed by atoms with Crippen molar-refractivity contribution >= 4 is 11.9 Å². The van der Waals surface area contributed by atoms with Crippen LogP contribution in [0.5, 0.6) is 11.5 Å². The highest BCUT2D eigenvalue weighted by Crippen LogP contribution is 2.35. The van der Waals surface area contributed by atoms with Gasteiger partial charge in [-0.05, 0) is 38.3 Å². The molecule has 1 N–H and O–H groups in total. The van der Waals surface area contributed by atoms with Crippen molar-refractivity contribution in [3.05, 3.63) is 35.9 Å². The van der Waals surface area contributed by atoms with Crippen LogP contribution in [-0.2, 0) is 11.2 Å².